The van der Waals surface area contributed by atoms with Gasteiger partial charge >= 0.3 is 11.4 Å². The molecule has 16 heavy (non-hydrogen) atoms. The molecular formula is C8H16N2O5S. The summed E-state index contributed by atoms with van der Waals surface area (Å²) in [6.07, 6.45) is 0. The van der Waals surface area contributed by atoms with Crippen molar-refractivity contribution < 1.29 is 22.2 Å². The van der Waals surface area contributed by atoms with E-state index >= 15 is 0 Å². The lowest BCUT2D eigenvalue weighted by Crippen LogP contribution is -2.26. The molecule has 7 nitrogen and oxygen atoms in total. The van der Waals surface area contributed by atoms with E-state index in [1.54, 1.807) is 0 Å². The topological polar surface area (TPSA) is 93.7 Å². The van der Waals surface area contributed by atoms with E-state index in [0.717, 1.165) is 0 Å². The summed E-state index contributed by atoms with van der Waals surface area (Å²) in [5, 5.41) is 4.94. The zero-order valence-electron chi connectivity index (χ0n) is 9.28. The maximum atomic E-state index is 11.0. The van der Waals surface area contributed by atoms with Crippen molar-refractivity contribution in [3.05, 3.63) is 0 Å². The third-order valence-electron chi connectivity index (χ3n) is 1.31. The number of carbonyl (C=O) groups is 2. The summed E-state index contributed by atoms with van der Waals surface area (Å²) in [7, 11) is 0. The number of amides is 2. The molecule has 0 aliphatic heterocycles. The van der Waals surface area contributed by atoms with Crippen LogP contribution in [0.1, 0.15) is 13.8 Å². The van der Waals surface area contributed by atoms with Crippen LogP contribution in [0.3, 0.4) is 0 Å². The van der Waals surface area contributed by atoms with Gasteiger partial charge in [0.25, 0.3) is 0 Å². The minimum atomic E-state index is -1.85. The molecule has 2 amide bonds. The zero-order valence-corrected chi connectivity index (χ0v) is 10.1. The lowest BCUT2D eigenvalue weighted by atomic mass is 10.6. The van der Waals surface area contributed by atoms with Gasteiger partial charge in [-0.3, -0.25) is 18.0 Å². The highest BCUT2D eigenvalue weighted by Crippen LogP contribution is 1.87. The largest absolute Gasteiger partial charge is 0.354 e. The number of carbonyl (C=O) groups excluding carboxylic acids is 2. The van der Waals surface area contributed by atoms with Crippen molar-refractivity contribution in [3.8, 4) is 0 Å². The molecule has 0 aliphatic rings. The molecule has 2 N–H and O–H groups in total. The molecule has 94 valence electrons. The van der Waals surface area contributed by atoms with Gasteiger partial charge in [0, 0.05) is 26.9 Å². The summed E-state index contributed by atoms with van der Waals surface area (Å²) >= 11 is -1.85. The second-order valence-corrected chi connectivity index (χ2v) is 3.69. The molecule has 0 aliphatic carbocycles. The third-order valence-corrected chi connectivity index (χ3v) is 2.03. The van der Waals surface area contributed by atoms with E-state index in [-0.39, 0.29) is 38.1 Å². The molecule has 0 aromatic carbocycles. The Morgan fingerprint density at radius 3 is 1.69 bits per heavy atom. The summed E-state index contributed by atoms with van der Waals surface area (Å²) in [5.74, 6) is -0.359. The first kappa shape index (κ1) is 15.0. The molecule has 0 fully saturated rings. The normalized spacial score (nSPS) is 10.2. The smallest absolute Gasteiger partial charge is 0.304 e. The number of hydrogen-bond acceptors (Lipinski definition) is 5. The van der Waals surface area contributed by atoms with Crippen LogP contribution in [0.25, 0.3) is 0 Å². The van der Waals surface area contributed by atoms with E-state index < -0.39 is 11.4 Å². The van der Waals surface area contributed by atoms with Crippen molar-refractivity contribution in [3.63, 3.8) is 0 Å². The van der Waals surface area contributed by atoms with E-state index in [9.17, 15) is 13.8 Å². The highest BCUT2D eigenvalue weighted by molar-refractivity contribution is 7.75. The van der Waals surface area contributed by atoms with E-state index in [4.69, 9.17) is 8.37 Å². The highest BCUT2D eigenvalue weighted by Gasteiger charge is 2.01. The van der Waals surface area contributed by atoms with Gasteiger partial charge in [0.15, 0.2) is 0 Å². The fourth-order valence-electron chi connectivity index (χ4n) is 0.708. The van der Waals surface area contributed by atoms with Crippen LogP contribution in [0, 0.1) is 0 Å². The fraction of sp³-hybridized carbons (Fsp3) is 0.750. The van der Waals surface area contributed by atoms with Gasteiger partial charge < -0.3 is 10.6 Å². The molecule has 0 aromatic rings. The molecule has 0 atom stereocenters. The van der Waals surface area contributed by atoms with E-state index in [2.05, 4.69) is 10.6 Å². The maximum Gasteiger partial charge on any atom is 0.304 e. The minimum absolute atomic E-state index is 0.104. The summed E-state index contributed by atoms with van der Waals surface area (Å²) in [4.78, 5) is 20.9. The molecule has 0 rings (SSSR count). The first-order chi connectivity index (χ1) is 7.52. The van der Waals surface area contributed by atoms with E-state index in [0.29, 0.717) is 0 Å². The number of rotatable bonds is 8. The lowest BCUT2D eigenvalue weighted by Gasteiger charge is -2.04. The van der Waals surface area contributed by atoms with Crippen molar-refractivity contribution in [2.24, 2.45) is 0 Å². The van der Waals surface area contributed by atoms with Gasteiger partial charge in [-0.15, -0.1) is 0 Å². The maximum absolute atomic E-state index is 11.0. The van der Waals surface area contributed by atoms with Crippen molar-refractivity contribution in [2.75, 3.05) is 26.3 Å². The lowest BCUT2D eigenvalue weighted by molar-refractivity contribution is -0.119. The average molecular weight is 252 g/mol. The number of hydrogen-bond donors (Lipinski definition) is 2. The molecule has 0 spiro atoms. The number of nitrogens with one attached hydrogen (secondary N) is 2. The summed E-state index contributed by atoms with van der Waals surface area (Å²) in [6.45, 7) is 3.51. The van der Waals surface area contributed by atoms with Gasteiger partial charge in [0.05, 0.1) is 13.2 Å². The highest BCUT2D eigenvalue weighted by atomic mass is 32.2. The third kappa shape index (κ3) is 11.1. The molecule has 0 saturated carbocycles. The summed E-state index contributed by atoms with van der Waals surface area (Å²) in [6, 6.07) is 0. The Balaban J connectivity index is 3.31. The summed E-state index contributed by atoms with van der Waals surface area (Å²) < 4.78 is 20.4. The Kier molecular flexibility index (Phi) is 8.68. The van der Waals surface area contributed by atoms with Gasteiger partial charge in [0.1, 0.15) is 0 Å². The predicted octanol–water partition coefficient (Wildman–Crippen LogP) is -1.13. The van der Waals surface area contributed by atoms with Gasteiger partial charge in [-0.2, -0.15) is 4.21 Å². The van der Waals surface area contributed by atoms with Crippen molar-refractivity contribution in [1.29, 1.82) is 0 Å². The Morgan fingerprint density at radius 2 is 1.38 bits per heavy atom. The van der Waals surface area contributed by atoms with Crippen LogP contribution < -0.4 is 10.6 Å². The Bertz CT molecular complexity index is 235. The van der Waals surface area contributed by atoms with Crippen LogP contribution >= 0.6 is 0 Å². The predicted molar refractivity (Wildman–Crippen MR) is 57.4 cm³/mol. The Hall–Kier alpha value is -0.990. The van der Waals surface area contributed by atoms with Gasteiger partial charge in [-0.05, 0) is 0 Å². The monoisotopic (exact) mass is 252 g/mol. The van der Waals surface area contributed by atoms with Crippen LogP contribution in [-0.4, -0.2) is 42.3 Å². The standard InChI is InChI=1S/C8H16N2O5S/c1-7(11)9-3-5-14-16(13)15-6-4-10-8(2)12/h3-6H2,1-2H3,(H,9,11)(H,10,12). The van der Waals surface area contributed by atoms with Gasteiger partial charge in [0.2, 0.25) is 11.8 Å². The fourth-order valence-corrected chi connectivity index (χ4v) is 1.21. The van der Waals surface area contributed by atoms with Crippen molar-refractivity contribution in [2.45, 2.75) is 13.8 Å². The van der Waals surface area contributed by atoms with Crippen LogP contribution in [0.15, 0.2) is 0 Å². The van der Waals surface area contributed by atoms with E-state index in [1.807, 2.05) is 0 Å². The van der Waals surface area contributed by atoms with Crippen LogP contribution in [0.5, 0.6) is 0 Å². The van der Waals surface area contributed by atoms with Crippen LogP contribution in [0.4, 0.5) is 0 Å². The minimum Gasteiger partial charge on any atom is -0.354 e. The average Bonchev–Trinajstić information content (AvgIpc) is 2.19. The molecule has 0 radical (unpaired) electrons. The van der Waals surface area contributed by atoms with E-state index in [1.165, 1.54) is 13.8 Å². The second-order valence-electron chi connectivity index (χ2n) is 2.81. The Labute approximate surface area is 96.7 Å². The first-order valence-electron chi connectivity index (χ1n) is 4.69. The van der Waals surface area contributed by atoms with Gasteiger partial charge in [-0.1, -0.05) is 0 Å². The summed E-state index contributed by atoms with van der Waals surface area (Å²) in [5.41, 5.74) is 0. The molecule has 0 unspecified atom stereocenters. The molecule has 0 aromatic heterocycles. The van der Waals surface area contributed by atoms with Crippen LogP contribution in [-0.2, 0) is 29.3 Å². The molecule has 0 heterocycles. The quantitative estimate of drug-likeness (QED) is 0.533. The molecule has 8 heteroatoms. The van der Waals surface area contributed by atoms with Gasteiger partial charge in [-0.25, -0.2) is 0 Å². The Morgan fingerprint density at radius 1 is 1.00 bits per heavy atom. The molecule has 0 saturated heterocycles. The molecule has 0 bridgehead atoms. The van der Waals surface area contributed by atoms with Crippen molar-refractivity contribution in [1.82, 2.24) is 10.6 Å². The zero-order chi connectivity index (χ0) is 12.4. The second kappa shape index (κ2) is 9.25. The SMILES string of the molecule is CC(=O)NCCOS(=O)OCCNC(C)=O. The first-order valence-corrected chi connectivity index (χ1v) is 5.69. The van der Waals surface area contributed by atoms with Crippen LogP contribution in [0.2, 0.25) is 0 Å². The van der Waals surface area contributed by atoms with Crippen molar-refractivity contribution >= 4 is 23.2 Å². The molecular weight excluding hydrogens is 236 g/mol.